The van der Waals surface area contributed by atoms with Gasteiger partial charge in [0.05, 0.1) is 6.20 Å². The number of rotatable bonds is 5. The van der Waals surface area contributed by atoms with Crippen molar-refractivity contribution in [3.05, 3.63) is 60.2 Å². The Morgan fingerprint density at radius 3 is 2.32 bits per heavy atom. The molecule has 0 fully saturated rings. The maximum absolute atomic E-state index is 13.0. The number of nitrogens with zero attached hydrogens (tertiary/aromatic N) is 1. The minimum Gasteiger partial charge on any atom is -0.336 e. The molecule has 6 nitrogen and oxygen atoms in total. The molecule has 0 saturated carbocycles. The number of carbonyl (C=O) groups excluding carboxylic acids is 2. The Morgan fingerprint density at radius 1 is 1.08 bits per heavy atom. The van der Waals surface area contributed by atoms with E-state index in [-0.39, 0.29) is 18.0 Å². The van der Waals surface area contributed by atoms with E-state index in [0.29, 0.717) is 16.9 Å². The molecule has 7 heteroatoms. The van der Waals surface area contributed by atoms with Gasteiger partial charge in [0.25, 0.3) is 0 Å². The van der Waals surface area contributed by atoms with Crippen LogP contribution in [0, 0.1) is 5.82 Å². The van der Waals surface area contributed by atoms with Crippen LogP contribution in [-0.4, -0.2) is 23.0 Å². The second-order valence-electron chi connectivity index (χ2n) is 5.59. The van der Waals surface area contributed by atoms with Crippen molar-refractivity contribution in [2.45, 2.75) is 19.9 Å². The van der Waals surface area contributed by atoms with Crippen LogP contribution in [0.25, 0.3) is 6.08 Å². The predicted molar refractivity (Wildman–Crippen MR) is 95.6 cm³/mol. The van der Waals surface area contributed by atoms with Gasteiger partial charge < -0.3 is 16.0 Å². The van der Waals surface area contributed by atoms with Crippen LogP contribution in [0.1, 0.15) is 19.4 Å². The van der Waals surface area contributed by atoms with Gasteiger partial charge in [0.15, 0.2) is 0 Å². The van der Waals surface area contributed by atoms with Crippen molar-refractivity contribution < 1.29 is 14.0 Å². The number of nitrogens with one attached hydrogen (secondary N) is 3. The third-order valence-electron chi connectivity index (χ3n) is 2.98. The smallest absolute Gasteiger partial charge is 0.319 e. The highest BCUT2D eigenvalue weighted by atomic mass is 19.1. The van der Waals surface area contributed by atoms with E-state index in [9.17, 15) is 14.0 Å². The summed E-state index contributed by atoms with van der Waals surface area (Å²) in [5.41, 5.74) is 1.67. The van der Waals surface area contributed by atoms with Crippen LogP contribution in [0.2, 0.25) is 0 Å². The van der Waals surface area contributed by atoms with E-state index in [0.717, 1.165) is 6.20 Å². The number of benzene rings is 1. The van der Waals surface area contributed by atoms with Crippen molar-refractivity contribution in [3.63, 3.8) is 0 Å². The van der Waals surface area contributed by atoms with Gasteiger partial charge in [-0.15, -0.1) is 0 Å². The van der Waals surface area contributed by atoms with Crippen LogP contribution < -0.4 is 16.0 Å². The summed E-state index contributed by atoms with van der Waals surface area (Å²) < 4.78 is 13.0. The lowest BCUT2D eigenvalue weighted by Gasteiger charge is -2.10. The highest BCUT2D eigenvalue weighted by Gasteiger charge is 2.04. The van der Waals surface area contributed by atoms with Gasteiger partial charge >= 0.3 is 6.03 Å². The number of hydrogen-bond donors (Lipinski definition) is 3. The molecular weight excluding hydrogens is 323 g/mol. The van der Waals surface area contributed by atoms with Gasteiger partial charge in [-0.05, 0) is 55.8 Å². The maximum atomic E-state index is 13.0. The first-order valence-corrected chi connectivity index (χ1v) is 7.69. The molecule has 3 N–H and O–H groups in total. The summed E-state index contributed by atoms with van der Waals surface area (Å²) in [6, 6.07) is 7.71. The minimum atomic E-state index is -0.466. The molecule has 0 atom stereocenters. The van der Waals surface area contributed by atoms with Crippen LogP contribution >= 0.6 is 0 Å². The van der Waals surface area contributed by atoms with Crippen molar-refractivity contribution >= 4 is 29.4 Å². The van der Waals surface area contributed by atoms with Crippen molar-refractivity contribution in [2.24, 2.45) is 0 Å². The normalized spacial score (nSPS) is 10.7. The molecule has 3 amide bonds. The Morgan fingerprint density at radius 2 is 1.72 bits per heavy atom. The van der Waals surface area contributed by atoms with Gasteiger partial charge in [-0.1, -0.05) is 0 Å². The first-order valence-electron chi connectivity index (χ1n) is 7.69. The summed E-state index contributed by atoms with van der Waals surface area (Å²) in [4.78, 5) is 27.2. The van der Waals surface area contributed by atoms with Crippen molar-refractivity contribution in [2.75, 3.05) is 10.6 Å². The van der Waals surface area contributed by atoms with Gasteiger partial charge in [-0.2, -0.15) is 0 Å². The Hall–Kier alpha value is -3.22. The third-order valence-corrected chi connectivity index (χ3v) is 2.98. The summed E-state index contributed by atoms with van der Waals surface area (Å²) in [5.74, 6) is -0.824. The van der Waals surface area contributed by atoms with Crippen molar-refractivity contribution in [1.82, 2.24) is 10.3 Å². The average Bonchev–Trinajstić information content (AvgIpc) is 2.54. The van der Waals surface area contributed by atoms with E-state index in [2.05, 4.69) is 20.9 Å². The number of anilines is 2. The molecule has 2 rings (SSSR count). The number of hydrogen-bond acceptors (Lipinski definition) is 3. The highest BCUT2D eigenvalue weighted by Crippen LogP contribution is 2.13. The topological polar surface area (TPSA) is 83.1 Å². The molecule has 0 saturated heterocycles. The lowest BCUT2D eigenvalue weighted by molar-refractivity contribution is -0.111. The molecule has 0 aliphatic rings. The largest absolute Gasteiger partial charge is 0.336 e. The summed E-state index contributed by atoms with van der Waals surface area (Å²) in [7, 11) is 0. The summed E-state index contributed by atoms with van der Waals surface area (Å²) in [6.07, 6.45) is 5.31. The SMILES string of the molecule is CC(C)NC(=O)Nc1ccc(NC(=O)C=Cc2cncc(F)c2)cc1. The molecule has 0 spiro atoms. The van der Waals surface area contributed by atoms with Crippen LogP contribution in [0.5, 0.6) is 0 Å². The zero-order valence-corrected chi connectivity index (χ0v) is 13.9. The summed E-state index contributed by atoms with van der Waals surface area (Å²) in [6.45, 7) is 3.73. The summed E-state index contributed by atoms with van der Waals surface area (Å²) >= 11 is 0. The monoisotopic (exact) mass is 342 g/mol. The van der Waals surface area contributed by atoms with Gasteiger partial charge in [-0.3, -0.25) is 9.78 Å². The van der Waals surface area contributed by atoms with E-state index >= 15 is 0 Å². The fraction of sp³-hybridized carbons (Fsp3) is 0.167. The fourth-order valence-electron chi connectivity index (χ4n) is 1.94. The number of pyridine rings is 1. The average molecular weight is 342 g/mol. The van der Waals surface area contributed by atoms with Gasteiger partial charge in [0, 0.05) is 29.7 Å². The van der Waals surface area contributed by atoms with Gasteiger partial charge in [-0.25, -0.2) is 9.18 Å². The molecular formula is C18H19FN4O2. The quantitative estimate of drug-likeness (QED) is 0.728. The van der Waals surface area contributed by atoms with E-state index in [1.165, 1.54) is 24.4 Å². The molecule has 130 valence electrons. The molecule has 0 radical (unpaired) electrons. The third kappa shape index (κ3) is 6.42. The molecule has 1 aromatic heterocycles. The Balaban J connectivity index is 1.90. The molecule has 1 heterocycles. The molecule has 0 aliphatic carbocycles. The van der Waals surface area contributed by atoms with Crippen LogP contribution in [0.15, 0.2) is 48.8 Å². The zero-order chi connectivity index (χ0) is 18.2. The number of urea groups is 1. The van der Waals surface area contributed by atoms with Crippen LogP contribution in [-0.2, 0) is 4.79 Å². The van der Waals surface area contributed by atoms with Crippen LogP contribution in [0.3, 0.4) is 0 Å². The summed E-state index contributed by atoms with van der Waals surface area (Å²) in [5, 5.41) is 8.07. The molecule has 0 unspecified atom stereocenters. The Kier molecular flexibility index (Phi) is 6.22. The minimum absolute atomic E-state index is 0.0404. The fourth-order valence-corrected chi connectivity index (χ4v) is 1.94. The Labute approximate surface area is 145 Å². The number of halogens is 1. The molecule has 25 heavy (non-hydrogen) atoms. The number of aromatic nitrogens is 1. The second-order valence-corrected chi connectivity index (χ2v) is 5.59. The van der Waals surface area contributed by atoms with E-state index in [4.69, 9.17) is 0 Å². The first kappa shape index (κ1) is 18.1. The zero-order valence-electron chi connectivity index (χ0n) is 13.9. The maximum Gasteiger partial charge on any atom is 0.319 e. The first-order chi connectivity index (χ1) is 11.9. The predicted octanol–water partition coefficient (Wildman–Crippen LogP) is 3.40. The molecule has 1 aromatic carbocycles. The van der Waals surface area contributed by atoms with Gasteiger partial charge in [0.1, 0.15) is 5.82 Å². The molecule has 2 aromatic rings. The van der Waals surface area contributed by atoms with E-state index in [1.54, 1.807) is 24.3 Å². The second kappa shape index (κ2) is 8.58. The van der Waals surface area contributed by atoms with Crippen molar-refractivity contribution in [1.29, 1.82) is 0 Å². The molecule has 0 aliphatic heterocycles. The molecule has 0 bridgehead atoms. The van der Waals surface area contributed by atoms with Crippen molar-refractivity contribution in [3.8, 4) is 0 Å². The lowest BCUT2D eigenvalue weighted by atomic mass is 10.2. The highest BCUT2D eigenvalue weighted by molar-refractivity contribution is 6.02. The lowest BCUT2D eigenvalue weighted by Crippen LogP contribution is -2.34. The van der Waals surface area contributed by atoms with E-state index in [1.807, 2.05) is 13.8 Å². The van der Waals surface area contributed by atoms with Gasteiger partial charge in [0.2, 0.25) is 5.91 Å². The van der Waals surface area contributed by atoms with E-state index < -0.39 is 5.82 Å². The Bertz CT molecular complexity index is 773. The standard InChI is InChI=1S/C18H19FN4O2/c1-12(2)21-18(25)23-16-6-4-15(5-7-16)22-17(24)8-3-13-9-14(19)11-20-10-13/h3-12H,1-2H3,(H,22,24)(H2,21,23,25). The number of amides is 3. The van der Waals surface area contributed by atoms with Crippen LogP contribution in [0.4, 0.5) is 20.6 Å². The number of carbonyl (C=O) groups is 2.